The normalized spacial score (nSPS) is 11.5. The van der Waals surface area contributed by atoms with Crippen LogP contribution in [0.5, 0.6) is 0 Å². The number of carbonyl (C=O) groups excluding carboxylic acids is 1. The Kier molecular flexibility index (Phi) is 5.77. The van der Waals surface area contributed by atoms with Crippen molar-refractivity contribution >= 4 is 31.2 Å². The zero-order valence-electron chi connectivity index (χ0n) is 15.1. The van der Waals surface area contributed by atoms with Gasteiger partial charge in [-0.05, 0) is 42.5 Å². The quantitative estimate of drug-likeness (QED) is 0.539. The van der Waals surface area contributed by atoms with Gasteiger partial charge in [-0.3, -0.25) is 9.36 Å². The molecule has 1 atom stereocenters. The topological polar surface area (TPSA) is 34.1 Å². The molecule has 4 heteroatoms. The molecule has 0 fully saturated rings. The Balaban J connectivity index is 2.08. The van der Waals surface area contributed by atoms with E-state index in [0.717, 1.165) is 27.3 Å². The van der Waals surface area contributed by atoms with Crippen LogP contribution in [0.4, 0.5) is 0 Å². The molecule has 0 spiro atoms. The van der Waals surface area contributed by atoms with E-state index in [4.69, 9.17) is 0 Å². The van der Waals surface area contributed by atoms with Crippen LogP contribution in [0.1, 0.15) is 27.0 Å². The van der Waals surface area contributed by atoms with Crippen LogP contribution in [0, 0.1) is 20.8 Å². The van der Waals surface area contributed by atoms with E-state index in [2.05, 4.69) is 0 Å². The summed E-state index contributed by atoms with van der Waals surface area (Å²) in [7, 11) is -3.35. The molecule has 0 bridgehead atoms. The number of rotatable bonds is 5. The van der Waals surface area contributed by atoms with Gasteiger partial charge in [-0.2, -0.15) is 0 Å². The van der Waals surface area contributed by atoms with Gasteiger partial charge in [0.05, 0.1) is 7.61 Å². The van der Waals surface area contributed by atoms with E-state index in [1.54, 1.807) is 0 Å². The Hall–Kier alpha value is -2.14. The lowest BCUT2D eigenvalue weighted by molar-refractivity contribution is 0.108. The molecule has 0 saturated carbocycles. The summed E-state index contributed by atoms with van der Waals surface area (Å²) >= 11 is 0. The highest BCUT2D eigenvalue weighted by Gasteiger charge is 2.30. The van der Waals surface area contributed by atoms with Gasteiger partial charge in [0.2, 0.25) is 5.52 Å². The minimum atomic E-state index is -2.10. The van der Waals surface area contributed by atoms with Gasteiger partial charge in [-0.15, -0.1) is 0 Å². The first-order chi connectivity index (χ1) is 12.5. The molecule has 0 aromatic heterocycles. The first-order valence-electron chi connectivity index (χ1n) is 8.48. The second kappa shape index (κ2) is 8.04. The maximum Gasteiger partial charge on any atom is 0.247 e. The summed E-state index contributed by atoms with van der Waals surface area (Å²) in [4.78, 5) is 13.2. The van der Waals surface area contributed by atoms with Crippen molar-refractivity contribution in [1.29, 1.82) is 0 Å². The molecule has 0 aliphatic heterocycles. The fourth-order valence-corrected chi connectivity index (χ4v) is 8.46. The van der Waals surface area contributed by atoms with Gasteiger partial charge >= 0.3 is 0 Å². The van der Waals surface area contributed by atoms with Crippen molar-refractivity contribution in [3.8, 4) is 0 Å². The van der Waals surface area contributed by atoms with Crippen molar-refractivity contribution in [2.45, 2.75) is 20.8 Å². The van der Waals surface area contributed by atoms with Crippen LogP contribution in [0.25, 0.3) is 0 Å². The fraction of sp³-hybridized carbons (Fsp3) is 0.136. The molecule has 2 nitrogen and oxygen atoms in total. The molecule has 0 aliphatic rings. The predicted octanol–water partition coefficient (Wildman–Crippen LogP) is 5.63. The summed E-state index contributed by atoms with van der Waals surface area (Å²) in [5.41, 5.74) is 3.27. The van der Waals surface area contributed by atoms with Crippen molar-refractivity contribution < 1.29 is 9.36 Å². The highest BCUT2D eigenvalue weighted by atomic mass is 32.1. The highest BCUT2D eigenvalue weighted by molar-refractivity contribution is 8.37. The number of aryl methyl sites for hydroxylation is 3. The molecule has 0 aliphatic carbocycles. The third-order valence-corrected chi connectivity index (χ3v) is 9.78. The van der Waals surface area contributed by atoms with E-state index in [9.17, 15) is 9.36 Å². The van der Waals surface area contributed by atoms with Crippen LogP contribution in [-0.4, -0.2) is 5.52 Å². The van der Waals surface area contributed by atoms with Gasteiger partial charge in [-0.25, -0.2) is 0 Å². The molecule has 131 valence electrons. The minimum Gasteiger partial charge on any atom is -0.281 e. The summed E-state index contributed by atoms with van der Waals surface area (Å²) in [5.74, 6) is 0. The van der Waals surface area contributed by atoms with Crippen molar-refractivity contribution in [3.05, 3.63) is 95.1 Å². The molecule has 0 N–H and O–H groups in total. The van der Waals surface area contributed by atoms with Crippen molar-refractivity contribution in [3.63, 3.8) is 0 Å². The number of hydrogen-bond acceptors (Lipinski definition) is 2. The summed E-state index contributed by atoms with van der Waals surface area (Å²) in [6, 6.07) is 23.4. The molecule has 1 unspecified atom stereocenters. The average molecular weight is 379 g/mol. The molecule has 26 heavy (non-hydrogen) atoms. The number of benzene rings is 3. The van der Waals surface area contributed by atoms with E-state index in [1.165, 1.54) is 0 Å². The molecule has 1 radical (unpaired) electrons. The lowest BCUT2D eigenvalue weighted by atomic mass is 10.0. The maximum atomic E-state index is 13.5. The van der Waals surface area contributed by atoms with Gasteiger partial charge < -0.3 is 0 Å². The zero-order chi connectivity index (χ0) is 18.7. The molecule has 3 rings (SSSR count). The first kappa shape index (κ1) is 18.6. The second-order valence-electron chi connectivity index (χ2n) is 6.33. The van der Waals surface area contributed by atoms with E-state index >= 15 is 0 Å². The number of carbonyl (C=O) groups is 1. The lowest BCUT2D eigenvalue weighted by Crippen LogP contribution is -2.11. The van der Waals surface area contributed by atoms with Gasteiger partial charge in [0.1, 0.15) is 0 Å². The maximum absolute atomic E-state index is 13.5. The standard InChI is InChI=1S/C22H21O2P2/c1-16-14-17(2)21(18(3)15-16)22(23)26(24)25(19-10-6-4-7-11-19)20-12-8-5-9-13-20/h4-15H,1-3H3. The summed E-state index contributed by atoms with van der Waals surface area (Å²) < 4.78 is 13.5. The van der Waals surface area contributed by atoms with E-state index in [1.807, 2.05) is 93.6 Å². The van der Waals surface area contributed by atoms with Crippen LogP contribution in [0.3, 0.4) is 0 Å². The van der Waals surface area contributed by atoms with E-state index < -0.39 is 15.1 Å². The Morgan fingerprint density at radius 2 is 1.15 bits per heavy atom. The van der Waals surface area contributed by atoms with Gasteiger partial charge in [0.15, 0.2) is 7.49 Å². The lowest BCUT2D eigenvalue weighted by Gasteiger charge is -2.18. The van der Waals surface area contributed by atoms with E-state index in [-0.39, 0.29) is 5.52 Å². The Bertz CT molecular complexity index is 888. The van der Waals surface area contributed by atoms with Crippen molar-refractivity contribution in [2.24, 2.45) is 0 Å². The Labute approximate surface area is 156 Å². The van der Waals surface area contributed by atoms with Crippen LogP contribution in [-0.2, 0) is 4.57 Å². The van der Waals surface area contributed by atoms with Crippen LogP contribution < -0.4 is 10.6 Å². The van der Waals surface area contributed by atoms with Gasteiger partial charge in [0, 0.05) is 5.56 Å². The summed E-state index contributed by atoms with van der Waals surface area (Å²) in [6.07, 6.45) is 0. The van der Waals surface area contributed by atoms with Crippen molar-refractivity contribution in [2.75, 3.05) is 0 Å². The molecule has 0 heterocycles. The molecule has 0 saturated heterocycles. The average Bonchev–Trinajstić information content (AvgIpc) is 2.62. The first-order valence-corrected chi connectivity index (χ1v) is 11.8. The van der Waals surface area contributed by atoms with Gasteiger partial charge in [0.25, 0.3) is 0 Å². The summed E-state index contributed by atoms with van der Waals surface area (Å²) in [5, 5.41) is 1.93. The van der Waals surface area contributed by atoms with Crippen molar-refractivity contribution in [1.82, 2.24) is 0 Å². The van der Waals surface area contributed by atoms with Gasteiger partial charge in [-0.1, -0.05) is 78.4 Å². The predicted molar refractivity (Wildman–Crippen MR) is 112 cm³/mol. The highest BCUT2D eigenvalue weighted by Crippen LogP contribution is 2.60. The Morgan fingerprint density at radius 3 is 1.58 bits per heavy atom. The second-order valence-corrected chi connectivity index (χ2v) is 11.2. The Morgan fingerprint density at radius 1 is 0.731 bits per heavy atom. The number of hydrogen-bond donors (Lipinski definition) is 0. The van der Waals surface area contributed by atoms with Crippen LogP contribution in [0.2, 0.25) is 0 Å². The largest absolute Gasteiger partial charge is 0.281 e. The molecule has 3 aromatic carbocycles. The fourth-order valence-electron chi connectivity index (χ4n) is 3.20. The van der Waals surface area contributed by atoms with Crippen LogP contribution in [0.15, 0.2) is 72.8 Å². The smallest absolute Gasteiger partial charge is 0.247 e. The monoisotopic (exact) mass is 379 g/mol. The summed E-state index contributed by atoms with van der Waals surface area (Å²) in [6.45, 7) is 5.85. The third kappa shape index (κ3) is 3.83. The zero-order valence-corrected chi connectivity index (χ0v) is 16.9. The molecular formula is C22H21O2P2. The molecule has 3 aromatic rings. The minimum absolute atomic E-state index is 0.242. The third-order valence-electron chi connectivity index (χ3n) is 4.25. The van der Waals surface area contributed by atoms with E-state index in [0.29, 0.717) is 5.56 Å². The molecular weight excluding hydrogens is 358 g/mol. The molecule has 0 amide bonds. The van der Waals surface area contributed by atoms with Crippen LogP contribution >= 0.6 is 15.1 Å². The SMILES string of the molecule is Cc1cc(C)c(C(=O)[P](=O)P(c2ccccc2)c2ccccc2)c(C)c1.